The molecule has 0 spiro atoms. The molecular weight excluding hydrogens is 264 g/mol. The van der Waals surface area contributed by atoms with Gasteiger partial charge in [-0.2, -0.15) is 4.98 Å². The van der Waals surface area contributed by atoms with E-state index < -0.39 is 5.97 Å². The Hall–Kier alpha value is -2.12. The number of nitrogens with zero attached hydrogens (tertiary/aromatic N) is 3. The maximum absolute atomic E-state index is 11.9. The second-order valence-corrected chi connectivity index (χ2v) is 4.91. The van der Waals surface area contributed by atoms with Crippen LogP contribution in [-0.4, -0.2) is 51.8 Å². The summed E-state index contributed by atoms with van der Waals surface area (Å²) in [6.45, 7) is 3.24. The van der Waals surface area contributed by atoms with Crippen LogP contribution in [0.25, 0.3) is 0 Å². The van der Waals surface area contributed by atoms with E-state index >= 15 is 0 Å². The molecule has 1 aliphatic heterocycles. The van der Waals surface area contributed by atoms with Crippen molar-refractivity contribution in [2.24, 2.45) is 5.92 Å². The molecule has 8 nitrogen and oxygen atoms in total. The molecule has 1 unspecified atom stereocenters. The molecule has 0 bridgehead atoms. The molecule has 2 rings (SSSR count). The molecule has 1 atom stereocenters. The average molecular weight is 282 g/mol. The summed E-state index contributed by atoms with van der Waals surface area (Å²) >= 11 is 0. The highest BCUT2D eigenvalue weighted by molar-refractivity contribution is 5.74. The van der Waals surface area contributed by atoms with Gasteiger partial charge >= 0.3 is 12.0 Å². The summed E-state index contributed by atoms with van der Waals surface area (Å²) in [4.78, 5) is 28.2. The molecule has 2 amide bonds. The summed E-state index contributed by atoms with van der Waals surface area (Å²) in [6.07, 6.45) is 1.37. The quantitative estimate of drug-likeness (QED) is 0.810. The Morgan fingerprint density at radius 2 is 2.35 bits per heavy atom. The maximum atomic E-state index is 11.9. The highest BCUT2D eigenvalue weighted by Crippen LogP contribution is 2.19. The number of aromatic nitrogens is 2. The van der Waals surface area contributed by atoms with Gasteiger partial charge in [0, 0.05) is 39.4 Å². The van der Waals surface area contributed by atoms with E-state index in [0.29, 0.717) is 37.8 Å². The molecule has 0 aromatic carbocycles. The van der Waals surface area contributed by atoms with E-state index in [1.54, 1.807) is 11.8 Å². The first-order valence-corrected chi connectivity index (χ1v) is 6.58. The van der Waals surface area contributed by atoms with Gasteiger partial charge in [0.2, 0.25) is 5.89 Å². The van der Waals surface area contributed by atoms with E-state index in [2.05, 4.69) is 15.5 Å². The lowest BCUT2D eigenvalue weighted by Crippen LogP contribution is -2.39. The number of rotatable bonds is 5. The van der Waals surface area contributed by atoms with Crippen LogP contribution in [0.15, 0.2) is 4.52 Å². The fourth-order valence-corrected chi connectivity index (χ4v) is 2.27. The molecular formula is C12H18N4O4. The summed E-state index contributed by atoms with van der Waals surface area (Å²) in [5, 5.41) is 15.2. The second-order valence-electron chi connectivity index (χ2n) is 4.91. The van der Waals surface area contributed by atoms with Crippen molar-refractivity contribution in [3.8, 4) is 0 Å². The van der Waals surface area contributed by atoms with E-state index in [-0.39, 0.29) is 18.4 Å². The van der Waals surface area contributed by atoms with Crippen molar-refractivity contribution in [2.75, 3.05) is 19.6 Å². The van der Waals surface area contributed by atoms with Gasteiger partial charge in [-0.25, -0.2) is 4.79 Å². The normalized spacial score (nSPS) is 18.2. The number of carbonyl (C=O) groups is 2. The maximum Gasteiger partial charge on any atom is 0.317 e. The van der Waals surface area contributed by atoms with E-state index in [4.69, 9.17) is 9.63 Å². The van der Waals surface area contributed by atoms with Crippen molar-refractivity contribution in [1.82, 2.24) is 20.4 Å². The van der Waals surface area contributed by atoms with Crippen molar-refractivity contribution in [3.05, 3.63) is 11.7 Å². The van der Waals surface area contributed by atoms with Crippen LogP contribution in [0.5, 0.6) is 0 Å². The van der Waals surface area contributed by atoms with Gasteiger partial charge < -0.3 is 19.8 Å². The number of urea groups is 1. The zero-order chi connectivity index (χ0) is 14.5. The van der Waals surface area contributed by atoms with Crippen LogP contribution < -0.4 is 5.32 Å². The Morgan fingerprint density at radius 3 is 3.00 bits per heavy atom. The number of hydrogen-bond acceptors (Lipinski definition) is 5. The third-order valence-electron chi connectivity index (χ3n) is 3.23. The first kappa shape index (κ1) is 14.3. The molecule has 2 heterocycles. The van der Waals surface area contributed by atoms with Crippen LogP contribution in [-0.2, 0) is 11.2 Å². The number of carboxylic acids is 1. The minimum Gasteiger partial charge on any atom is -0.481 e. The molecule has 1 aromatic heterocycles. The van der Waals surface area contributed by atoms with Gasteiger partial charge in [0.25, 0.3) is 0 Å². The Morgan fingerprint density at radius 1 is 1.55 bits per heavy atom. The molecule has 2 N–H and O–H groups in total. The fourth-order valence-electron chi connectivity index (χ4n) is 2.27. The molecule has 110 valence electrons. The summed E-state index contributed by atoms with van der Waals surface area (Å²) in [6, 6.07) is -0.168. The number of nitrogens with one attached hydrogen (secondary N) is 1. The van der Waals surface area contributed by atoms with Crippen molar-refractivity contribution in [2.45, 2.75) is 26.2 Å². The minimum atomic E-state index is -0.815. The van der Waals surface area contributed by atoms with Gasteiger partial charge in [0.1, 0.15) is 0 Å². The van der Waals surface area contributed by atoms with Gasteiger partial charge in [-0.15, -0.1) is 0 Å². The Kier molecular flexibility index (Phi) is 4.54. The van der Waals surface area contributed by atoms with Crippen LogP contribution in [0, 0.1) is 12.8 Å². The number of carbonyl (C=O) groups excluding carboxylic acids is 1. The standard InChI is InChI=1S/C12H18N4O4/c1-8-14-10(15-20-8)2-4-13-12(19)16-5-3-9(7-16)6-11(17)18/h9H,2-7H2,1H3,(H,13,19)(H,17,18). The Labute approximate surface area is 116 Å². The molecule has 0 saturated carbocycles. The largest absolute Gasteiger partial charge is 0.481 e. The monoisotopic (exact) mass is 282 g/mol. The number of hydrogen-bond donors (Lipinski definition) is 2. The van der Waals surface area contributed by atoms with E-state index in [1.165, 1.54) is 0 Å². The first-order chi connectivity index (χ1) is 9.54. The molecule has 8 heteroatoms. The lowest BCUT2D eigenvalue weighted by molar-refractivity contribution is -0.138. The van der Waals surface area contributed by atoms with E-state index in [0.717, 1.165) is 6.42 Å². The number of aliphatic carboxylic acids is 1. The number of aryl methyl sites for hydroxylation is 1. The molecule has 0 aliphatic carbocycles. The summed E-state index contributed by atoms with van der Waals surface area (Å²) in [7, 11) is 0. The predicted molar refractivity (Wildman–Crippen MR) is 68.1 cm³/mol. The van der Waals surface area contributed by atoms with E-state index in [9.17, 15) is 9.59 Å². The Bertz CT molecular complexity index is 488. The third-order valence-corrected chi connectivity index (χ3v) is 3.23. The van der Waals surface area contributed by atoms with Crippen LogP contribution in [0.4, 0.5) is 4.79 Å². The lowest BCUT2D eigenvalue weighted by atomic mass is 10.1. The van der Waals surface area contributed by atoms with Gasteiger partial charge in [-0.1, -0.05) is 5.16 Å². The Balaban J connectivity index is 1.69. The van der Waals surface area contributed by atoms with Crippen LogP contribution in [0.3, 0.4) is 0 Å². The van der Waals surface area contributed by atoms with Crippen LogP contribution in [0.1, 0.15) is 24.6 Å². The second kappa shape index (κ2) is 6.36. The summed E-state index contributed by atoms with van der Waals surface area (Å²) < 4.78 is 4.83. The molecule has 1 aromatic rings. The van der Waals surface area contributed by atoms with Gasteiger partial charge in [-0.05, 0) is 12.3 Å². The fraction of sp³-hybridized carbons (Fsp3) is 0.667. The summed E-state index contributed by atoms with van der Waals surface area (Å²) in [5.74, 6) is 0.304. The van der Waals surface area contributed by atoms with Gasteiger partial charge in [0.15, 0.2) is 5.82 Å². The van der Waals surface area contributed by atoms with Crippen molar-refractivity contribution >= 4 is 12.0 Å². The number of likely N-dealkylation sites (tertiary alicyclic amines) is 1. The number of amides is 2. The predicted octanol–water partition coefficient (Wildman–Crippen LogP) is 0.427. The third kappa shape index (κ3) is 3.94. The zero-order valence-corrected chi connectivity index (χ0v) is 11.3. The van der Waals surface area contributed by atoms with E-state index in [1.807, 2.05) is 0 Å². The molecule has 0 radical (unpaired) electrons. The van der Waals surface area contributed by atoms with Crippen LogP contribution in [0.2, 0.25) is 0 Å². The highest BCUT2D eigenvalue weighted by atomic mass is 16.5. The van der Waals surface area contributed by atoms with Gasteiger partial charge in [0.05, 0.1) is 0 Å². The average Bonchev–Trinajstić information content (AvgIpc) is 2.98. The highest BCUT2D eigenvalue weighted by Gasteiger charge is 2.27. The van der Waals surface area contributed by atoms with Crippen molar-refractivity contribution in [1.29, 1.82) is 0 Å². The van der Waals surface area contributed by atoms with Gasteiger partial charge in [-0.3, -0.25) is 4.79 Å². The molecule has 1 fully saturated rings. The van der Waals surface area contributed by atoms with Crippen LogP contribution >= 0.6 is 0 Å². The van der Waals surface area contributed by atoms with Crippen molar-refractivity contribution in [3.63, 3.8) is 0 Å². The smallest absolute Gasteiger partial charge is 0.317 e. The molecule has 1 aliphatic rings. The topological polar surface area (TPSA) is 109 Å². The summed E-state index contributed by atoms with van der Waals surface area (Å²) in [5.41, 5.74) is 0. The zero-order valence-electron chi connectivity index (χ0n) is 11.3. The number of carboxylic acid groups (broad SMARTS) is 1. The minimum absolute atomic E-state index is 0.0538. The SMILES string of the molecule is Cc1nc(CCNC(=O)N2CCC(CC(=O)O)C2)no1. The molecule has 20 heavy (non-hydrogen) atoms. The van der Waals surface area contributed by atoms with Crippen molar-refractivity contribution < 1.29 is 19.2 Å². The first-order valence-electron chi connectivity index (χ1n) is 6.58. The molecule has 1 saturated heterocycles. The lowest BCUT2D eigenvalue weighted by Gasteiger charge is -2.16.